The van der Waals surface area contributed by atoms with Gasteiger partial charge in [0.25, 0.3) is 0 Å². The average Bonchev–Trinajstić information content (AvgIpc) is 3.09. The molecule has 1 nitrogen and oxygen atoms in total. The zero-order valence-corrected chi connectivity index (χ0v) is 10.8. The molecule has 0 radical (unpaired) electrons. The van der Waals surface area contributed by atoms with Crippen LogP contribution in [0, 0.1) is 5.92 Å². The third-order valence-electron chi connectivity index (χ3n) is 3.40. The molecule has 0 bridgehead atoms. The molecule has 0 saturated heterocycles. The van der Waals surface area contributed by atoms with Crippen molar-refractivity contribution >= 4 is 11.3 Å². The summed E-state index contributed by atoms with van der Waals surface area (Å²) >= 11 is 1.92. The van der Waals surface area contributed by atoms with Crippen molar-refractivity contribution in [1.29, 1.82) is 0 Å². The maximum absolute atomic E-state index is 3.46. The second-order valence-electron chi connectivity index (χ2n) is 4.67. The Labute approximate surface area is 106 Å². The molecule has 0 spiro atoms. The molecule has 1 aliphatic rings. The average molecular weight is 243 g/mol. The number of thiophene rings is 1. The van der Waals surface area contributed by atoms with Crippen LogP contribution in [0.1, 0.15) is 23.8 Å². The summed E-state index contributed by atoms with van der Waals surface area (Å²) in [5.41, 5.74) is 1.33. The van der Waals surface area contributed by atoms with Crippen molar-refractivity contribution in [2.24, 2.45) is 5.92 Å². The second kappa shape index (κ2) is 4.63. The van der Waals surface area contributed by atoms with Crippen LogP contribution in [0.15, 0.2) is 42.5 Å². The Hall–Kier alpha value is -1.12. The third kappa shape index (κ3) is 2.28. The summed E-state index contributed by atoms with van der Waals surface area (Å²) in [6, 6.07) is 15.7. The number of nitrogens with one attached hydrogen (secondary N) is 1. The Kier molecular flexibility index (Phi) is 3.00. The van der Waals surface area contributed by atoms with Gasteiger partial charge in [-0.1, -0.05) is 30.3 Å². The predicted molar refractivity (Wildman–Crippen MR) is 74.3 cm³/mol. The van der Waals surface area contributed by atoms with Crippen LogP contribution in [0.25, 0.3) is 10.4 Å². The maximum atomic E-state index is 3.46. The minimum Gasteiger partial charge on any atom is -0.312 e. The van der Waals surface area contributed by atoms with Gasteiger partial charge in [0, 0.05) is 15.8 Å². The van der Waals surface area contributed by atoms with E-state index >= 15 is 0 Å². The first-order valence-corrected chi connectivity index (χ1v) is 7.02. The highest BCUT2D eigenvalue weighted by Crippen LogP contribution is 2.43. The third-order valence-corrected chi connectivity index (χ3v) is 4.61. The van der Waals surface area contributed by atoms with Crippen molar-refractivity contribution < 1.29 is 0 Å². The summed E-state index contributed by atoms with van der Waals surface area (Å²) in [5, 5.41) is 3.46. The molecule has 1 heterocycles. The van der Waals surface area contributed by atoms with E-state index in [9.17, 15) is 0 Å². The van der Waals surface area contributed by atoms with E-state index in [1.165, 1.54) is 28.2 Å². The van der Waals surface area contributed by atoms with E-state index in [4.69, 9.17) is 0 Å². The zero-order chi connectivity index (χ0) is 11.7. The topological polar surface area (TPSA) is 12.0 Å². The first-order valence-electron chi connectivity index (χ1n) is 6.21. The van der Waals surface area contributed by atoms with Gasteiger partial charge in [-0.15, -0.1) is 11.3 Å². The quantitative estimate of drug-likeness (QED) is 0.853. The van der Waals surface area contributed by atoms with E-state index in [1.54, 1.807) is 0 Å². The lowest BCUT2D eigenvalue weighted by molar-refractivity contribution is 0.537. The Morgan fingerprint density at radius 2 is 1.88 bits per heavy atom. The predicted octanol–water partition coefficient (Wildman–Crippen LogP) is 4.09. The summed E-state index contributed by atoms with van der Waals surface area (Å²) in [7, 11) is 2.07. The first-order chi connectivity index (χ1) is 8.38. The van der Waals surface area contributed by atoms with Gasteiger partial charge in [0.1, 0.15) is 0 Å². The monoisotopic (exact) mass is 243 g/mol. The van der Waals surface area contributed by atoms with Crippen LogP contribution < -0.4 is 5.32 Å². The molecule has 2 heteroatoms. The van der Waals surface area contributed by atoms with E-state index in [0.29, 0.717) is 6.04 Å². The molecule has 1 aromatic heterocycles. The zero-order valence-electron chi connectivity index (χ0n) is 10.0. The molecule has 88 valence electrons. The van der Waals surface area contributed by atoms with E-state index in [2.05, 4.69) is 54.8 Å². The normalized spacial score (nSPS) is 17.0. The van der Waals surface area contributed by atoms with Crippen molar-refractivity contribution in [2.75, 3.05) is 7.05 Å². The minimum atomic E-state index is 0.567. The molecule has 1 N–H and O–H groups in total. The molecule has 2 aromatic rings. The fourth-order valence-electron chi connectivity index (χ4n) is 2.32. The largest absolute Gasteiger partial charge is 0.312 e. The lowest BCUT2D eigenvalue weighted by atomic mass is 10.1. The molecule has 0 aliphatic heterocycles. The summed E-state index contributed by atoms with van der Waals surface area (Å²) in [6.45, 7) is 0. The van der Waals surface area contributed by atoms with Crippen LogP contribution in [-0.4, -0.2) is 7.05 Å². The molecule has 17 heavy (non-hydrogen) atoms. The van der Waals surface area contributed by atoms with Gasteiger partial charge in [-0.2, -0.15) is 0 Å². The number of hydrogen-bond donors (Lipinski definition) is 1. The Morgan fingerprint density at radius 1 is 1.12 bits per heavy atom. The standard InChI is InChI=1S/C15H17NS/c1-16-15(12-7-8-12)14-10-9-13(17-14)11-5-3-2-4-6-11/h2-6,9-10,12,15-16H,7-8H2,1H3. The molecular weight excluding hydrogens is 226 g/mol. The minimum absolute atomic E-state index is 0.567. The van der Waals surface area contributed by atoms with E-state index in [-0.39, 0.29) is 0 Å². The van der Waals surface area contributed by atoms with E-state index in [1.807, 2.05) is 11.3 Å². The fourth-order valence-corrected chi connectivity index (χ4v) is 3.53. The van der Waals surface area contributed by atoms with Gasteiger partial charge in [0.2, 0.25) is 0 Å². The SMILES string of the molecule is CNC(c1ccc(-c2ccccc2)s1)C1CC1. The first kappa shape index (κ1) is 11.0. The smallest absolute Gasteiger partial charge is 0.0441 e. The molecule has 1 atom stereocenters. The van der Waals surface area contributed by atoms with Crippen molar-refractivity contribution in [3.8, 4) is 10.4 Å². The number of rotatable bonds is 4. The highest BCUT2D eigenvalue weighted by molar-refractivity contribution is 7.15. The summed E-state index contributed by atoms with van der Waals surface area (Å²) in [5.74, 6) is 0.863. The number of hydrogen-bond acceptors (Lipinski definition) is 2. The number of benzene rings is 1. The Morgan fingerprint density at radius 3 is 2.53 bits per heavy atom. The molecule has 3 rings (SSSR count). The molecule has 1 aromatic carbocycles. The van der Waals surface area contributed by atoms with Gasteiger partial charge in [0.05, 0.1) is 0 Å². The van der Waals surface area contributed by atoms with Gasteiger partial charge in [-0.25, -0.2) is 0 Å². The van der Waals surface area contributed by atoms with Crippen molar-refractivity contribution in [1.82, 2.24) is 5.32 Å². The van der Waals surface area contributed by atoms with Crippen LogP contribution in [0.4, 0.5) is 0 Å². The fraction of sp³-hybridized carbons (Fsp3) is 0.333. The van der Waals surface area contributed by atoms with Gasteiger partial charge in [-0.3, -0.25) is 0 Å². The van der Waals surface area contributed by atoms with E-state index < -0.39 is 0 Å². The summed E-state index contributed by atoms with van der Waals surface area (Å²) in [6.07, 6.45) is 2.76. The maximum Gasteiger partial charge on any atom is 0.0441 e. The van der Waals surface area contributed by atoms with Gasteiger partial charge in [0.15, 0.2) is 0 Å². The molecular formula is C15H17NS. The lowest BCUT2D eigenvalue weighted by Gasteiger charge is -2.12. The molecule has 0 amide bonds. The van der Waals surface area contributed by atoms with Crippen molar-refractivity contribution in [2.45, 2.75) is 18.9 Å². The molecule has 1 saturated carbocycles. The molecule has 1 fully saturated rings. The summed E-state index contributed by atoms with van der Waals surface area (Å²) < 4.78 is 0. The second-order valence-corrected chi connectivity index (χ2v) is 5.79. The summed E-state index contributed by atoms with van der Waals surface area (Å²) in [4.78, 5) is 2.86. The van der Waals surface area contributed by atoms with Gasteiger partial charge < -0.3 is 5.32 Å². The Balaban J connectivity index is 1.87. The highest BCUT2D eigenvalue weighted by atomic mass is 32.1. The lowest BCUT2D eigenvalue weighted by Crippen LogP contribution is -2.16. The van der Waals surface area contributed by atoms with Crippen LogP contribution in [0.2, 0.25) is 0 Å². The van der Waals surface area contributed by atoms with Crippen LogP contribution >= 0.6 is 11.3 Å². The Bertz CT molecular complexity index is 485. The van der Waals surface area contributed by atoms with Crippen LogP contribution in [0.5, 0.6) is 0 Å². The van der Waals surface area contributed by atoms with Crippen molar-refractivity contribution in [3.63, 3.8) is 0 Å². The van der Waals surface area contributed by atoms with Crippen LogP contribution in [0.3, 0.4) is 0 Å². The van der Waals surface area contributed by atoms with Gasteiger partial charge in [-0.05, 0) is 43.5 Å². The van der Waals surface area contributed by atoms with Gasteiger partial charge >= 0.3 is 0 Å². The van der Waals surface area contributed by atoms with E-state index in [0.717, 1.165) is 5.92 Å². The molecule has 1 aliphatic carbocycles. The van der Waals surface area contributed by atoms with Crippen molar-refractivity contribution in [3.05, 3.63) is 47.3 Å². The highest BCUT2D eigenvalue weighted by Gasteiger charge is 2.32. The van der Waals surface area contributed by atoms with Crippen LogP contribution in [-0.2, 0) is 0 Å². The molecule has 1 unspecified atom stereocenters.